The number of hydrogen-bond donors (Lipinski definition) is 1. The van der Waals surface area contributed by atoms with Crippen LogP contribution >= 0.6 is 0 Å². The van der Waals surface area contributed by atoms with Crippen molar-refractivity contribution < 1.29 is 0 Å². The highest BCUT2D eigenvalue weighted by atomic mass is 15.1. The summed E-state index contributed by atoms with van der Waals surface area (Å²) in [6.07, 6.45) is 7.03. The van der Waals surface area contributed by atoms with Crippen LogP contribution in [-0.2, 0) is 19.4 Å². The summed E-state index contributed by atoms with van der Waals surface area (Å²) >= 11 is 0. The van der Waals surface area contributed by atoms with E-state index in [0.29, 0.717) is 0 Å². The van der Waals surface area contributed by atoms with Gasteiger partial charge in [-0.05, 0) is 48.4 Å². The maximum Gasteiger partial charge on any atom is 0.0300 e. The van der Waals surface area contributed by atoms with E-state index in [0.717, 1.165) is 38.9 Å². The quantitative estimate of drug-likeness (QED) is 0.922. The van der Waals surface area contributed by atoms with E-state index in [1.807, 2.05) is 12.4 Å². The van der Waals surface area contributed by atoms with Crippen molar-refractivity contribution in [2.24, 2.45) is 5.73 Å². The van der Waals surface area contributed by atoms with Crippen LogP contribution < -0.4 is 5.73 Å². The number of rotatable bonds is 5. The van der Waals surface area contributed by atoms with E-state index in [2.05, 4.69) is 47.1 Å². The zero-order valence-corrected chi connectivity index (χ0v) is 13.3. The molecule has 2 N–H and O–H groups in total. The third kappa shape index (κ3) is 3.93. The molecule has 0 radical (unpaired) electrons. The number of pyridine rings is 1. The van der Waals surface area contributed by atoms with E-state index >= 15 is 0 Å². The zero-order chi connectivity index (χ0) is 15.4. The molecule has 3 heteroatoms. The molecule has 1 aromatic carbocycles. The van der Waals surface area contributed by atoms with Crippen molar-refractivity contribution in [3.05, 3.63) is 65.0 Å². The van der Waals surface area contributed by atoms with E-state index in [9.17, 15) is 0 Å². The number of nitrogens with two attached hydrogens (primary N) is 1. The SMILES string of the molecule is Cc1cncc(CCC(N)CN2CCc3ccccc3C2)c1. The molecule has 1 aliphatic heterocycles. The summed E-state index contributed by atoms with van der Waals surface area (Å²) in [5.74, 6) is 0. The van der Waals surface area contributed by atoms with E-state index in [1.165, 1.54) is 22.3 Å². The molecule has 2 aromatic rings. The second-order valence-corrected chi connectivity index (χ2v) is 6.42. The molecule has 0 spiro atoms. The van der Waals surface area contributed by atoms with Gasteiger partial charge < -0.3 is 5.73 Å². The van der Waals surface area contributed by atoms with Crippen LogP contribution in [0.15, 0.2) is 42.7 Å². The molecule has 0 saturated heterocycles. The van der Waals surface area contributed by atoms with Crippen molar-refractivity contribution in [3.8, 4) is 0 Å². The third-order valence-corrected chi connectivity index (χ3v) is 4.44. The number of aryl methyl sites for hydroxylation is 2. The predicted octanol–water partition coefficient (Wildman–Crippen LogP) is 2.71. The Labute approximate surface area is 133 Å². The molecule has 1 aliphatic rings. The zero-order valence-electron chi connectivity index (χ0n) is 13.3. The van der Waals surface area contributed by atoms with Crippen LogP contribution in [0.4, 0.5) is 0 Å². The monoisotopic (exact) mass is 295 g/mol. The summed E-state index contributed by atoms with van der Waals surface area (Å²) in [7, 11) is 0. The van der Waals surface area contributed by atoms with Crippen LogP contribution in [0.2, 0.25) is 0 Å². The highest BCUT2D eigenvalue weighted by molar-refractivity contribution is 5.29. The first kappa shape index (κ1) is 15.2. The van der Waals surface area contributed by atoms with Crippen molar-refractivity contribution in [2.75, 3.05) is 13.1 Å². The third-order valence-electron chi connectivity index (χ3n) is 4.44. The molecule has 3 nitrogen and oxygen atoms in total. The molecule has 0 aliphatic carbocycles. The average Bonchev–Trinajstić information content (AvgIpc) is 2.53. The minimum Gasteiger partial charge on any atom is -0.327 e. The molecule has 1 atom stereocenters. The summed E-state index contributed by atoms with van der Waals surface area (Å²) in [5.41, 5.74) is 11.8. The molecule has 0 amide bonds. The summed E-state index contributed by atoms with van der Waals surface area (Å²) in [6.45, 7) is 5.22. The van der Waals surface area contributed by atoms with Gasteiger partial charge in [0.25, 0.3) is 0 Å². The van der Waals surface area contributed by atoms with Crippen LogP contribution in [0.25, 0.3) is 0 Å². The highest BCUT2D eigenvalue weighted by Crippen LogP contribution is 2.18. The van der Waals surface area contributed by atoms with Crippen molar-refractivity contribution >= 4 is 0 Å². The van der Waals surface area contributed by atoms with Gasteiger partial charge in [-0.15, -0.1) is 0 Å². The van der Waals surface area contributed by atoms with Gasteiger partial charge >= 0.3 is 0 Å². The molecule has 0 bridgehead atoms. The Balaban J connectivity index is 1.49. The van der Waals surface area contributed by atoms with Gasteiger partial charge in [-0.1, -0.05) is 30.3 Å². The summed E-state index contributed by atoms with van der Waals surface area (Å²) in [5, 5.41) is 0. The lowest BCUT2D eigenvalue weighted by Crippen LogP contribution is -2.40. The van der Waals surface area contributed by atoms with Crippen LogP contribution in [0, 0.1) is 6.92 Å². The second kappa shape index (κ2) is 7.03. The molecule has 3 rings (SSSR count). The number of aromatic nitrogens is 1. The van der Waals surface area contributed by atoms with Crippen molar-refractivity contribution in [1.82, 2.24) is 9.88 Å². The Morgan fingerprint density at radius 2 is 2.05 bits per heavy atom. The highest BCUT2D eigenvalue weighted by Gasteiger charge is 2.17. The van der Waals surface area contributed by atoms with Crippen molar-refractivity contribution in [2.45, 2.75) is 38.8 Å². The van der Waals surface area contributed by atoms with Gasteiger partial charge in [0.2, 0.25) is 0 Å². The minimum atomic E-state index is 0.228. The van der Waals surface area contributed by atoms with Gasteiger partial charge in [-0.25, -0.2) is 0 Å². The summed E-state index contributed by atoms with van der Waals surface area (Å²) in [4.78, 5) is 6.74. The van der Waals surface area contributed by atoms with Gasteiger partial charge in [-0.3, -0.25) is 9.88 Å². The molecule has 0 fully saturated rings. The lowest BCUT2D eigenvalue weighted by Gasteiger charge is -2.30. The summed E-state index contributed by atoms with van der Waals surface area (Å²) in [6, 6.07) is 11.2. The first-order valence-electron chi connectivity index (χ1n) is 8.16. The lowest BCUT2D eigenvalue weighted by atomic mass is 9.99. The largest absolute Gasteiger partial charge is 0.327 e. The molecule has 1 unspecified atom stereocenters. The normalized spacial score (nSPS) is 16.3. The lowest BCUT2D eigenvalue weighted by molar-refractivity contribution is 0.234. The van der Waals surface area contributed by atoms with E-state index in [4.69, 9.17) is 5.73 Å². The Hall–Kier alpha value is -1.71. The summed E-state index contributed by atoms with van der Waals surface area (Å²) < 4.78 is 0. The maximum atomic E-state index is 6.35. The maximum absolute atomic E-state index is 6.35. The molecule has 2 heterocycles. The van der Waals surface area contributed by atoms with Gasteiger partial charge in [0, 0.05) is 38.1 Å². The Bertz CT molecular complexity index is 624. The predicted molar refractivity (Wildman–Crippen MR) is 90.7 cm³/mol. The fourth-order valence-corrected chi connectivity index (χ4v) is 3.24. The van der Waals surface area contributed by atoms with Crippen LogP contribution in [0.1, 0.15) is 28.7 Å². The van der Waals surface area contributed by atoms with Crippen molar-refractivity contribution in [1.29, 1.82) is 0 Å². The molecule has 1 aromatic heterocycles. The second-order valence-electron chi connectivity index (χ2n) is 6.42. The van der Waals surface area contributed by atoms with Gasteiger partial charge in [0.05, 0.1) is 0 Å². The number of hydrogen-bond acceptors (Lipinski definition) is 3. The fraction of sp³-hybridized carbons (Fsp3) is 0.421. The first-order valence-corrected chi connectivity index (χ1v) is 8.16. The smallest absolute Gasteiger partial charge is 0.0300 e. The molecule has 116 valence electrons. The number of nitrogens with zero attached hydrogens (tertiary/aromatic N) is 2. The Morgan fingerprint density at radius 3 is 2.86 bits per heavy atom. The van der Waals surface area contributed by atoms with E-state index in [1.54, 1.807) is 0 Å². The van der Waals surface area contributed by atoms with Crippen LogP contribution in [-0.4, -0.2) is 29.0 Å². The number of benzene rings is 1. The van der Waals surface area contributed by atoms with Gasteiger partial charge in [0.1, 0.15) is 0 Å². The molecule has 0 saturated carbocycles. The van der Waals surface area contributed by atoms with Crippen LogP contribution in [0.5, 0.6) is 0 Å². The van der Waals surface area contributed by atoms with Gasteiger partial charge in [0.15, 0.2) is 0 Å². The average molecular weight is 295 g/mol. The Kier molecular flexibility index (Phi) is 4.86. The fourth-order valence-electron chi connectivity index (χ4n) is 3.24. The molecular formula is C19H25N3. The van der Waals surface area contributed by atoms with E-state index < -0.39 is 0 Å². The topological polar surface area (TPSA) is 42.1 Å². The van der Waals surface area contributed by atoms with Crippen LogP contribution in [0.3, 0.4) is 0 Å². The minimum absolute atomic E-state index is 0.228. The standard InChI is InChI=1S/C19H25N3/c1-15-10-16(12-21-11-15)6-7-19(20)14-22-9-8-17-4-2-3-5-18(17)13-22/h2-5,10-12,19H,6-9,13-14,20H2,1H3. The van der Waals surface area contributed by atoms with Gasteiger partial charge in [-0.2, -0.15) is 0 Å². The molecular weight excluding hydrogens is 270 g/mol. The number of fused-ring (bicyclic) bond motifs is 1. The first-order chi connectivity index (χ1) is 10.7. The Morgan fingerprint density at radius 1 is 1.23 bits per heavy atom. The van der Waals surface area contributed by atoms with Crippen molar-refractivity contribution in [3.63, 3.8) is 0 Å². The molecule has 22 heavy (non-hydrogen) atoms. The van der Waals surface area contributed by atoms with E-state index in [-0.39, 0.29) is 6.04 Å².